The Labute approximate surface area is 139 Å². The Balaban J connectivity index is 1.73. The number of benzene rings is 1. The number of rotatable bonds is 9. The first-order chi connectivity index (χ1) is 11.2. The lowest BCUT2D eigenvalue weighted by molar-refractivity contribution is 0.115. The van der Waals surface area contributed by atoms with Gasteiger partial charge in [0, 0.05) is 33.8 Å². The third-order valence-electron chi connectivity index (χ3n) is 3.85. The first kappa shape index (κ1) is 17.6. The summed E-state index contributed by atoms with van der Waals surface area (Å²) in [6.45, 7) is 5.89. The second kappa shape index (κ2) is 9.40. The summed E-state index contributed by atoms with van der Waals surface area (Å²) >= 11 is 0. The van der Waals surface area contributed by atoms with Gasteiger partial charge in [-0.05, 0) is 43.4 Å². The SMILES string of the molecule is CCOc1cccc(CNC(=NC)N(C)CCOCC2CC2)c1. The highest BCUT2D eigenvalue weighted by molar-refractivity contribution is 5.79. The number of guanidine groups is 1. The van der Waals surface area contributed by atoms with E-state index in [1.54, 1.807) is 7.05 Å². The van der Waals surface area contributed by atoms with Gasteiger partial charge in [-0.15, -0.1) is 0 Å². The average Bonchev–Trinajstić information content (AvgIpc) is 3.37. The van der Waals surface area contributed by atoms with Crippen LogP contribution in [-0.2, 0) is 11.3 Å². The molecule has 0 aliphatic heterocycles. The minimum absolute atomic E-state index is 0.683. The van der Waals surface area contributed by atoms with Crippen LogP contribution >= 0.6 is 0 Å². The topological polar surface area (TPSA) is 46.1 Å². The Morgan fingerprint density at radius 3 is 2.91 bits per heavy atom. The van der Waals surface area contributed by atoms with Crippen LogP contribution in [-0.4, -0.2) is 51.3 Å². The van der Waals surface area contributed by atoms with Gasteiger partial charge in [0.15, 0.2) is 5.96 Å². The molecule has 5 nitrogen and oxygen atoms in total. The van der Waals surface area contributed by atoms with Gasteiger partial charge in [-0.3, -0.25) is 4.99 Å². The monoisotopic (exact) mass is 319 g/mol. The van der Waals surface area contributed by atoms with Crippen molar-refractivity contribution in [2.24, 2.45) is 10.9 Å². The quantitative estimate of drug-likeness (QED) is 0.432. The van der Waals surface area contributed by atoms with Gasteiger partial charge in [0.2, 0.25) is 0 Å². The first-order valence-electron chi connectivity index (χ1n) is 8.44. The minimum atomic E-state index is 0.683. The Kier molecular flexibility index (Phi) is 7.20. The van der Waals surface area contributed by atoms with Crippen LogP contribution in [0.25, 0.3) is 0 Å². The molecular formula is C18H29N3O2. The molecule has 1 aliphatic rings. The fourth-order valence-electron chi connectivity index (χ4n) is 2.32. The lowest BCUT2D eigenvalue weighted by Gasteiger charge is -2.22. The van der Waals surface area contributed by atoms with Crippen molar-refractivity contribution in [1.29, 1.82) is 0 Å². The van der Waals surface area contributed by atoms with E-state index in [1.165, 1.54) is 18.4 Å². The summed E-state index contributed by atoms with van der Waals surface area (Å²) in [4.78, 5) is 6.43. The van der Waals surface area contributed by atoms with Crippen molar-refractivity contribution in [3.8, 4) is 5.75 Å². The molecule has 1 N–H and O–H groups in total. The molecule has 2 rings (SSSR count). The van der Waals surface area contributed by atoms with Crippen molar-refractivity contribution < 1.29 is 9.47 Å². The molecule has 1 fully saturated rings. The number of hydrogen-bond donors (Lipinski definition) is 1. The predicted molar refractivity (Wildman–Crippen MR) is 94.0 cm³/mol. The molecule has 0 heterocycles. The Hall–Kier alpha value is -1.75. The zero-order valence-corrected chi connectivity index (χ0v) is 14.5. The maximum atomic E-state index is 5.69. The van der Waals surface area contributed by atoms with Gasteiger partial charge in [0.1, 0.15) is 5.75 Å². The molecule has 0 radical (unpaired) electrons. The highest BCUT2D eigenvalue weighted by Gasteiger charge is 2.21. The van der Waals surface area contributed by atoms with Crippen molar-refractivity contribution in [2.45, 2.75) is 26.3 Å². The third kappa shape index (κ3) is 6.48. The van der Waals surface area contributed by atoms with Gasteiger partial charge in [-0.25, -0.2) is 0 Å². The molecule has 1 aromatic carbocycles. The molecule has 0 spiro atoms. The summed E-state index contributed by atoms with van der Waals surface area (Å²) in [5.41, 5.74) is 1.18. The van der Waals surface area contributed by atoms with Crippen molar-refractivity contribution in [1.82, 2.24) is 10.2 Å². The second-order valence-electron chi connectivity index (χ2n) is 5.92. The van der Waals surface area contributed by atoms with Crippen LogP contribution in [0.3, 0.4) is 0 Å². The Morgan fingerprint density at radius 2 is 2.22 bits per heavy atom. The van der Waals surface area contributed by atoms with Gasteiger partial charge in [0.25, 0.3) is 0 Å². The number of hydrogen-bond acceptors (Lipinski definition) is 3. The van der Waals surface area contributed by atoms with Gasteiger partial charge < -0.3 is 19.7 Å². The molecule has 1 saturated carbocycles. The number of likely N-dealkylation sites (N-methyl/N-ethyl adjacent to an activating group) is 1. The van der Waals surface area contributed by atoms with Crippen LogP contribution in [0.2, 0.25) is 0 Å². The predicted octanol–water partition coefficient (Wildman–Crippen LogP) is 2.52. The molecule has 0 unspecified atom stereocenters. The van der Waals surface area contributed by atoms with E-state index in [-0.39, 0.29) is 0 Å². The molecule has 5 heteroatoms. The number of aliphatic imine (C=N–C) groups is 1. The maximum Gasteiger partial charge on any atom is 0.193 e. The minimum Gasteiger partial charge on any atom is -0.494 e. The highest BCUT2D eigenvalue weighted by atomic mass is 16.5. The lowest BCUT2D eigenvalue weighted by atomic mass is 10.2. The fraction of sp³-hybridized carbons (Fsp3) is 0.611. The van der Waals surface area contributed by atoms with E-state index >= 15 is 0 Å². The highest BCUT2D eigenvalue weighted by Crippen LogP contribution is 2.28. The molecule has 0 atom stereocenters. The molecule has 0 saturated heterocycles. The van der Waals surface area contributed by atoms with Crippen LogP contribution in [0.1, 0.15) is 25.3 Å². The summed E-state index contributed by atoms with van der Waals surface area (Å²) in [6, 6.07) is 8.13. The van der Waals surface area contributed by atoms with E-state index in [4.69, 9.17) is 9.47 Å². The van der Waals surface area contributed by atoms with Crippen LogP contribution in [0.5, 0.6) is 5.75 Å². The van der Waals surface area contributed by atoms with E-state index < -0.39 is 0 Å². The van der Waals surface area contributed by atoms with Gasteiger partial charge in [0.05, 0.1) is 13.2 Å². The standard InChI is InChI=1S/C18H29N3O2/c1-4-23-17-7-5-6-16(12-17)13-20-18(19-2)21(3)10-11-22-14-15-8-9-15/h5-7,12,15H,4,8-11,13-14H2,1-3H3,(H,19,20). The van der Waals surface area contributed by atoms with Crippen molar-refractivity contribution in [3.05, 3.63) is 29.8 Å². The summed E-state index contributed by atoms with van der Waals surface area (Å²) in [6.07, 6.45) is 2.67. The van der Waals surface area contributed by atoms with Crippen LogP contribution in [0.4, 0.5) is 0 Å². The maximum absolute atomic E-state index is 5.69. The smallest absolute Gasteiger partial charge is 0.193 e. The summed E-state index contributed by atoms with van der Waals surface area (Å²) in [5.74, 6) is 2.60. The van der Waals surface area contributed by atoms with Crippen LogP contribution in [0.15, 0.2) is 29.3 Å². The van der Waals surface area contributed by atoms with Crippen LogP contribution in [0, 0.1) is 5.92 Å². The molecule has 128 valence electrons. The molecule has 0 amide bonds. The summed E-state index contributed by atoms with van der Waals surface area (Å²) < 4.78 is 11.2. The van der Waals surface area contributed by atoms with Gasteiger partial charge in [-0.2, -0.15) is 0 Å². The number of nitrogens with one attached hydrogen (secondary N) is 1. The lowest BCUT2D eigenvalue weighted by Crippen LogP contribution is -2.40. The van der Waals surface area contributed by atoms with Crippen LogP contribution < -0.4 is 10.1 Å². The molecule has 1 aromatic rings. The van der Waals surface area contributed by atoms with Crippen molar-refractivity contribution in [3.63, 3.8) is 0 Å². The molecule has 0 bridgehead atoms. The van der Waals surface area contributed by atoms with Gasteiger partial charge >= 0.3 is 0 Å². The van der Waals surface area contributed by atoms with Crippen molar-refractivity contribution >= 4 is 5.96 Å². The average molecular weight is 319 g/mol. The number of ether oxygens (including phenoxy) is 2. The Morgan fingerprint density at radius 1 is 1.39 bits per heavy atom. The molecule has 1 aliphatic carbocycles. The largest absolute Gasteiger partial charge is 0.494 e. The fourth-order valence-corrected chi connectivity index (χ4v) is 2.32. The van der Waals surface area contributed by atoms with E-state index in [0.29, 0.717) is 6.61 Å². The third-order valence-corrected chi connectivity index (χ3v) is 3.85. The second-order valence-corrected chi connectivity index (χ2v) is 5.92. The van der Waals surface area contributed by atoms with E-state index in [9.17, 15) is 0 Å². The van der Waals surface area contributed by atoms with Crippen molar-refractivity contribution in [2.75, 3.05) is 40.5 Å². The number of nitrogens with zero attached hydrogens (tertiary/aromatic N) is 2. The zero-order chi connectivity index (χ0) is 16.5. The molecule has 0 aromatic heterocycles. The molecule has 23 heavy (non-hydrogen) atoms. The van der Waals surface area contributed by atoms with E-state index in [2.05, 4.69) is 27.3 Å². The van der Waals surface area contributed by atoms with Gasteiger partial charge in [-0.1, -0.05) is 12.1 Å². The summed E-state index contributed by atoms with van der Waals surface area (Å²) in [5, 5.41) is 3.38. The summed E-state index contributed by atoms with van der Waals surface area (Å²) in [7, 11) is 3.84. The van der Waals surface area contributed by atoms with E-state index in [1.807, 2.05) is 26.1 Å². The Bertz CT molecular complexity index is 501. The van der Waals surface area contributed by atoms with E-state index in [0.717, 1.165) is 43.9 Å². The first-order valence-corrected chi connectivity index (χ1v) is 8.44. The zero-order valence-electron chi connectivity index (χ0n) is 14.5. The normalized spacial score (nSPS) is 14.7. The molecular weight excluding hydrogens is 290 g/mol.